The number of hydrogen-bond donors (Lipinski definition) is 4. The Morgan fingerprint density at radius 3 is 2.71 bits per heavy atom. The number of nitro groups is 1. The van der Waals surface area contributed by atoms with Gasteiger partial charge in [-0.15, -0.1) is 0 Å². The first-order chi connectivity index (χ1) is 16.3. The Kier molecular flexibility index (Phi) is 5.95. The summed E-state index contributed by atoms with van der Waals surface area (Å²) in [6.45, 7) is 1.67. The number of benzene rings is 2. The number of nitrogens with one attached hydrogen (secondary N) is 4. The average molecular weight is 464 g/mol. The SMILES string of the molecule is COc1ccccc1Nc1nc2c(c(=O)[nH]1)[C@H](C(=O)Nc1cc([N+](=O)[O-])ccc1C)CC(=O)N2. The van der Waals surface area contributed by atoms with E-state index in [0.717, 1.165) is 0 Å². The Balaban J connectivity index is 1.66. The molecule has 2 heterocycles. The molecule has 12 nitrogen and oxygen atoms in total. The van der Waals surface area contributed by atoms with E-state index >= 15 is 0 Å². The first-order valence-electron chi connectivity index (χ1n) is 10.2. The van der Waals surface area contributed by atoms with Crippen molar-refractivity contribution >= 4 is 40.6 Å². The second kappa shape index (κ2) is 9.02. The van der Waals surface area contributed by atoms with Crippen molar-refractivity contribution in [1.82, 2.24) is 9.97 Å². The molecule has 4 rings (SSSR count). The second-order valence-electron chi connectivity index (χ2n) is 7.55. The van der Waals surface area contributed by atoms with E-state index in [2.05, 4.69) is 25.9 Å². The predicted octanol–water partition coefficient (Wildman–Crippen LogP) is 2.80. The number of carbonyl (C=O) groups excluding carboxylic acids is 2. The van der Waals surface area contributed by atoms with Gasteiger partial charge in [-0.1, -0.05) is 18.2 Å². The summed E-state index contributed by atoms with van der Waals surface area (Å²) in [4.78, 5) is 55.6. The van der Waals surface area contributed by atoms with E-state index in [9.17, 15) is 24.5 Å². The summed E-state index contributed by atoms with van der Waals surface area (Å²) in [5.74, 6) is -1.78. The van der Waals surface area contributed by atoms with Gasteiger partial charge < -0.3 is 20.7 Å². The zero-order valence-electron chi connectivity index (χ0n) is 18.2. The number of fused-ring (bicyclic) bond motifs is 1. The van der Waals surface area contributed by atoms with Gasteiger partial charge in [-0.2, -0.15) is 4.98 Å². The summed E-state index contributed by atoms with van der Waals surface area (Å²) in [6, 6.07) is 11.0. The van der Waals surface area contributed by atoms with Gasteiger partial charge in [-0.3, -0.25) is 29.5 Å². The highest BCUT2D eigenvalue weighted by atomic mass is 16.6. The van der Waals surface area contributed by atoms with Crippen LogP contribution in [-0.2, 0) is 9.59 Å². The molecular formula is C22H20N6O6. The van der Waals surface area contributed by atoms with E-state index in [1.54, 1.807) is 31.2 Å². The van der Waals surface area contributed by atoms with Crippen LogP contribution in [0.4, 0.5) is 28.8 Å². The van der Waals surface area contributed by atoms with Gasteiger partial charge in [0, 0.05) is 18.6 Å². The molecule has 0 bridgehead atoms. The second-order valence-corrected chi connectivity index (χ2v) is 7.55. The lowest BCUT2D eigenvalue weighted by atomic mass is 9.92. The van der Waals surface area contributed by atoms with E-state index < -0.39 is 28.2 Å². The van der Waals surface area contributed by atoms with Crippen molar-refractivity contribution in [3.63, 3.8) is 0 Å². The summed E-state index contributed by atoms with van der Waals surface area (Å²) in [5.41, 5.74) is 0.511. The maximum absolute atomic E-state index is 13.0. The number of nitro benzene ring substituents is 1. The minimum Gasteiger partial charge on any atom is -0.495 e. The molecule has 4 N–H and O–H groups in total. The van der Waals surface area contributed by atoms with Gasteiger partial charge in [0.2, 0.25) is 17.8 Å². The van der Waals surface area contributed by atoms with E-state index in [1.165, 1.54) is 25.3 Å². The van der Waals surface area contributed by atoms with Gasteiger partial charge in [0.25, 0.3) is 11.2 Å². The van der Waals surface area contributed by atoms with Crippen molar-refractivity contribution in [3.05, 3.63) is 74.1 Å². The first-order valence-corrected chi connectivity index (χ1v) is 10.2. The van der Waals surface area contributed by atoms with Crippen LogP contribution in [0.2, 0.25) is 0 Å². The summed E-state index contributed by atoms with van der Waals surface area (Å²) in [7, 11) is 1.50. The number of hydrogen-bond acceptors (Lipinski definition) is 8. The fourth-order valence-corrected chi connectivity index (χ4v) is 3.61. The van der Waals surface area contributed by atoms with Gasteiger partial charge in [-0.05, 0) is 24.6 Å². The lowest BCUT2D eigenvalue weighted by Gasteiger charge is -2.24. The number of H-pyrrole nitrogens is 1. The molecule has 2 aromatic carbocycles. The molecule has 0 unspecified atom stereocenters. The minimum absolute atomic E-state index is 0.00856. The number of methoxy groups -OCH3 is 1. The number of non-ortho nitro benzene ring substituents is 1. The number of aryl methyl sites for hydroxylation is 1. The standard InChI is InChI=1S/C22H20N6O6/c1-11-7-8-12(28(32)33)9-15(11)23-20(30)13-10-17(29)25-19-18(13)21(31)27-22(26-19)24-14-5-3-4-6-16(14)34-2/h3-9,13H,10H2,1-2H3,(H,23,30)(H3,24,25,26,27,29,31)/t13-/m1/s1. The number of para-hydroxylation sites is 2. The van der Waals surface area contributed by atoms with Crippen molar-refractivity contribution in [1.29, 1.82) is 0 Å². The molecule has 0 spiro atoms. The lowest BCUT2D eigenvalue weighted by Crippen LogP contribution is -2.36. The molecular weight excluding hydrogens is 444 g/mol. The third kappa shape index (κ3) is 4.41. The number of anilines is 4. The normalized spacial score (nSPS) is 14.5. The fourth-order valence-electron chi connectivity index (χ4n) is 3.61. The maximum Gasteiger partial charge on any atom is 0.271 e. The van der Waals surface area contributed by atoms with Crippen LogP contribution in [0, 0.1) is 17.0 Å². The van der Waals surface area contributed by atoms with Crippen LogP contribution in [0.15, 0.2) is 47.3 Å². The molecule has 3 aromatic rings. The molecule has 0 aliphatic carbocycles. The number of ether oxygens (including phenoxy) is 1. The smallest absolute Gasteiger partial charge is 0.271 e. The van der Waals surface area contributed by atoms with Gasteiger partial charge in [0.1, 0.15) is 11.6 Å². The van der Waals surface area contributed by atoms with Crippen LogP contribution >= 0.6 is 0 Å². The molecule has 1 aliphatic heterocycles. The summed E-state index contributed by atoms with van der Waals surface area (Å²) in [6.07, 6.45) is -0.281. The zero-order chi connectivity index (χ0) is 24.4. The van der Waals surface area contributed by atoms with Crippen LogP contribution in [-0.4, -0.2) is 33.8 Å². The topological polar surface area (TPSA) is 168 Å². The number of rotatable bonds is 6. The van der Waals surface area contributed by atoms with E-state index in [1.807, 2.05) is 0 Å². The Bertz CT molecular complexity index is 1370. The highest BCUT2D eigenvalue weighted by molar-refractivity contribution is 6.04. The molecule has 12 heteroatoms. The molecule has 0 saturated carbocycles. The van der Waals surface area contributed by atoms with Crippen molar-refractivity contribution in [2.75, 3.05) is 23.1 Å². The van der Waals surface area contributed by atoms with E-state index in [4.69, 9.17) is 4.74 Å². The van der Waals surface area contributed by atoms with Crippen LogP contribution in [0.25, 0.3) is 0 Å². The molecule has 0 saturated heterocycles. The molecule has 1 aromatic heterocycles. The Hall–Kier alpha value is -4.74. The Morgan fingerprint density at radius 2 is 1.97 bits per heavy atom. The van der Waals surface area contributed by atoms with Crippen molar-refractivity contribution < 1.29 is 19.2 Å². The van der Waals surface area contributed by atoms with E-state index in [0.29, 0.717) is 17.0 Å². The molecule has 0 radical (unpaired) electrons. The Labute approximate surface area is 192 Å². The van der Waals surface area contributed by atoms with Crippen LogP contribution in [0.1, 0.15) is 23.5 Å². The summed E-state index contributed by atoms with van der Waals surface area (Å²) >= 11 is 0. The maximum atomic E-state index is 13.0. The number of nitrogens with zero attached hydrogens (tertiary/aromatic N) is 2. The summed E-state index contributed by atoms with van der Waals surface area (Å²) < 4.78 is 5.27. The molecule has 34 heavy (non-hydrogen) atoms. The van der Waals surface area contributed by atoms with Crippen LogP contribution in [0.3, 0.4) is 0 Å². The fraction of sp³-hybridized carbons (Fsp3) is 0.182. The van der Waals surface area contributed by atoms with E-state index in [-0.39, 0.29) is 35.1 Å². The quantitative estimate of drug-likeness (QED) is 0.319. The third-order valence-corrected chi connectivity index (χ3v) is 5.32. The average Bonchev–Trinajstić information content (AvgIpc) is 2.79. The minimum atomic E-state index is -1.14. The van der Waals surface area contributed by atoms with Gasteiger partial charge in [-0.25, -0.2) is 0 Å². The molecule has 0 fully saturated rings. The molecule has 2 amide bonds. The predicted molar refractivity (Wildman–Crippen MR) is 124 cm³/mol. The van der Waals surface area contributed by atoms with Crippen LogP contribution < -0.4 is 26.2 Å². The highest BCUT2D eigenvalue weighted by Gasteiger charge is 2.35. The summed E-state index contributed by atoms with van der Waals surface area (Å²) in [5, 5.41) is 19.1. The van der Waals surface area contributed by atoms with Crippen molar-refractivity contribution in [2.24, 2.45) is 0 Å². The number of aromatic amines is 1. The Morgan fingerprint density at radius 1 is 1.21 bits per heavy atom. The van der Waals surface area contributed by atoms with Crippen LogP contribution in [0.5, 0.6) is 5.75 Å². The largest absolute Gasteiger partial charge is 0.495 e. The highest BCUT2D eigenvalue weighted by Crippen LogP contribution is 2.32. The zero-order valence-corrected chi connectivity index (χ0v) is 18.2. The molecule has 1 aliphatic rings. The van der Waals surface area contributed by atoms with Crippen molar-refractivity contribution in [2.45, 2.75) is 19.3 Å². The third-order valence-electron chi connectivity index (χ3n) is 5.32. The monoisotopic (exact) mass is 464 g/mol. The lowest BCUT2D eigenvalue weighted by molar-refractivity contribution is -0.384. The van der Waals surface area contributed by atoms with Gasteiger partial charge in [0.15, 0.2) is 0 Å². The van der Waals surface area contributed by atoms with Gasteiger partial charge in [0.05, 0.1) is 34.9 Å². The number of carbonyl (C=O) groups is 2. The molecule has 1 atom stereocenters. The number of amides is 2. The van der Waals surface area contributed by atoms with Crippen molar-refractivity contribution in [3.8, 4) is 5.75 Å². The first kappa shape index (κ1) is 22.5. The molecule has 174 valence electrons. The number of aromatic nitrogens is 2. The van der Waals surface area contributed by atoms with Gasteiger partial charge >= 0.3 is 0 Å².